The number of ketones is 1. The summed E-state index contributed by atoms with van der Waals surface area (Å²) in [6.07, 6.45) is -0.681. The summed E-state index contributed by atoms with van der Waals surface area (Å²) in [5, 5.41) is -0.184. The van der Waals surface area contributed by atoms with E-state index >= 15 is 0 Å². The average molecular weight is 490 g/mol. The molecule has 1 heterocycles. The normalized spacial score (nSPS) is 11.7. The zero-order valence-corrected chi connectivity index (χ0v) is 18.9. The summed E-state index contributed by atoms with van der Waals surface area (Å²) in [6, 6.07) is 1.12. The van der Waals surface area contributed by atoms with E-state index in [2.05, 4.69) is 14.7 Å². The van der Waals surface area contributed by atoms with Crippen molar-refractivity contribution in [3.05, 3.63) is 40.5 Å². The number of aliphatic imine (C=N–C) groups is 1. The first-order valence-electron chi connectivity index (χ1n) is 8.94. The first-order chi connectivity index (χ1) is 14.7. The van der Waals surface area contributed by atoms with E-state index in [0.717, 1.165) is 11.3 Å². The molecule has 0 fully saturated rings. The third-order valence-electron chi connectivity index (χ3n) is 3.62. The molecule has 1 aromatic carbocycles. The van der Waals surface area contributed by atoms with Crippen molar-refractivity contribution in [2.45, 2.75) is 37.7 Å². The number of hydrogen-bond donors (Lipinski definition) is 3. The molecule has 32 heavy (non-hydrogen) atoms. The van der Waals surface area contributed by atoms with Crippen molar-refractivity contribution in [3.8, 4) is 0 Å². The molecule has 14 heteroatoms. The third kappa shape index (κ3) is 6.68. The van der Waals surface area contributed by atoms with Crippen LogP contribution in [-0.2, 0) is 26.0 Å². The van der Waals surface area contributed by atoms with E-state index in [0.29, 0.717) is 12.1 Å². The van der Waals surface area contributed by atoms with Crippen molar-refractivity contribution < 1.29 is 31.5 Å². The predicted octanol–water partition coefficient (Wildman–Crippen LogP) is 1.56. The molecule has 0 spiro atoms. The molecule has 0 unspecified atom stereocenters. The lowest BCUT2D eigenvalue weighted by atomic mass is 10.1. The molecule has 174 valence electrons. The number of aromatic nitrogens is 1. The summed E-state index contributed by atoms with van der Waals surface area (Å²) in [4.78, 5) is 30.5. The number of halogens is 2. The maximum atomic E-state index is 14.4. The second-order valence-corrected chi connectivity index (χ2v) is 10.00. The molecule has 2 rings (SSSR count). The fourth-order valence-electron chi connectivity index (χ4n) is 2.31. The first kappa shape index (κ1) is 25.1. The molecule has 0 aliphatic rings. The molecular weight excluding hydrogens is 468 g/mol. The molecule has 10 nitrogen and oxygen atoms in total. The minimum Gasteiger partial charge on any atom is -0.455 e. The Balaban J connectivity index is 2.28. The number of thiazole rings is 1. The average Bonchev–Trinajstić information content (AvgIpc) is 3.09. The number of guanidine groups is 1. The van der Waals surface area contributed by atoms with E-state index in [1.54, 1.807) is 20.8 Å². The molecule has 0 aliphatic heterocycles. The van der Waals surface area contributed by atoms with Crippen LogP contribution in [0.4, 0.5) is 13.8 Å². The largest absolute Gasteiger partial charge is 0.455 e. The van der Waals surface area contributed by atoms with Crippen LogP contribution in [0.25, 0.3) is 0 Å². The van der Waals surface area contributed by atoms with Crippen LogP contribution in [0.1, 0.15) is 36.8 Å². The number of nitrogens with zero attached hydrogens (tertiary/aromatic N) is 2. The van der Waals surface area contributed by atoms with Gasteiger partial charge in [0.25, 0.3) is 10.0 Å². The minimum atomic E-state index is -4.50. The lowest BCUT2D eigenvalue weighted by molar-refractivity contribution is -0.117. The predicted molar refractivity (Wildman–Crippen MR) is 114 cm³/mol. The summed E-state index contributed by atoms with van der Waals surface area (Å²) in [6.45, 7) is 4.38. The molecule has 0 aliphatic carbocycles. The molecule has 5 N–H and O–H groups in total. The number of carbonyl (C=O) groups excluding carboxylic acids is 2. The van der Waals surface area contributed by atoms with Gasteiger partial charge in [-0.05, 0) is 32.9 Å². The lowest BCUT2D eigenvalue weighted by Crippen LogP contribution is -2.25. The highest BCUT2D eigenvalue weighted by atomic mass is 32.2. The minimum absolute atomic E-state index is 0.184. The van der Waals surface area contributed by atoms with Gasteiger partial charge in [0.1, 0.15) is 28.8 Å². The Labute approximate surface area is 186 Å². The number of ether oxygens (including phenoxy) is 1. The number of sulfonamides is 1. The number of carbonyl (C=O) groups is 2. The molecule has 0 atom stereocenters. The number of rotatable bonds is 8. The zero-order chi connectivity index (χ0) is 24.3. The number of anilines is 1. The molecule has 0 bridgehead atoms. The van der Waals surface area contributed by atoms with Gasteiger partial charge in [0.2, 0.25) is 0 Å². The summed E-state index contributed by atoms with van der Waals surface area (Å²) in [5.74, 6) is -4.42. The Morgan fingerprint density at radius 2 is 1.81 bits per heavy atom. The number of Topliss-reactive ketones (excluding diaryl/α,β-unsaturated/α-hetero) is 1. The summed E-state index contributed by atoms with van der Waals surface area (Å²) >= 11 is 0.786. The Morgan fingerprint density at radius 3 is 2.34 bits per heavy atom. The van der Waals surface area contributed by atoms with Crippen molar-refractivity contribution in [2.75, 3.05) is 11.3 Å². The summed E-state index contributed by atoms with van der Waals surface area (Å²) in [5.41, 5.74) is 9.63. The van der Waals surface area contributed by atoms with Crippen LogP contribution in [0.2, 0.25) is 0 Å². The maximum absolute atomic E-state index is 14.4. The SMILES string of the molecule is CC(C)(C)OC(=O)c1ncsc1NS(=O)(=O)c1cc(F)c(CC(=O)CN=C(N)N)c(F)c1. The van der Waals surface area contributed by atoms with Crippen LogP contribution < -0.4 is 16.2 Å². The smallest absolute Gasteiger partial charge is 0.360 e. The quantitative estimate of drug-likeness (QED) is 0.285. The van der Waals surface area contributed by atoms with Crippen molar-refractivity contribution in [2.24, 2.45) is 16.5 Å². The van der Waals surface area contributed by atoms with Gasteiger partial charge in [0.15, 0.2) is 17.4 Å². The van der Waals surface area contributed by atoms with Gasteiger partial charge in [-0.3, -0.25) is 9.52 Å². The Bertz CT molecular complexity index is 1150. The summed E-state index contributed by atoms with van der Waals surface area (Å²) < 4.78 is 61.4. The van der Waals surface area contributed by atoms with E-state index in [4.69, 9.17) is 16.2 Å². The van der Waals surface area contributed by atoms with Crippen molar-refractivity contribution in [1.29, 1.82) is 0 Å². The van der Waals surface area contributed by atoms with Gasteiger partial charge in [0.05, 0.1) is 10.4 Å². The number of nitrogens with two attached hydrogens (primary N) is 2. The van der Waals surface area contributed by atoms with Crippen molar-refractivity contribution >= 4 is 44.1 Å². The van der Waals surface area contributed by atoms with Crippen LogP contribution in [0.15, 0.2) is 27.5 Å². The number of nitrogens with one attached hydrogen (secondary N) is 1. The van der Waals surface area contributed by atoms with E-state index in [-0.39, 0.29) is 16.7 Å². The highest BCUT2D eigenvalue weighted by molar-refractivity contribution is 7.93. The second-order valence-electron chi connectivity index (χ2n) is 7.46. The molecule has 2 aromatic rings. The molecule has 0 saturated heterocycles. The van der Waals surface area contributed by atoms with Crippen LogP contribution in [0.3, 0.4) is 0 Å². The standard InChI is InChI=1S/C18H21F2N5O5S2/c1-18(2,3)30-16(27)14-15(31-8-24-14)25-32(28,29)10-5-12(19)11(13(20)6-10)4-9(26)7-23-17(21)22/h5-6,8,25H,4,7H2,1-3H3,(H4,21,22,23). The highest BCUT2D eigenvalue weighted by Crippen LogP contribution is 2.27. The molecule has 0 radical (unpaired) electrons. The van der Waals surface area contributed by atoms with Crippen LogP contribution >= 0.6 is 11.3 Å². The number of benzene rings is 1. The highest BCUT2D eigenvalue weighted by Gasteiger charge is 2.27. The van der Waals surface area contributed by atoms with Crippen molar-refractivity contribution in [1.82, 2.24) is 4.98 Å². The zero-order valence-electron chi connectivity index (χ0n) is 17.3. The Morgan fingerprint density at radius 1 is 1.22 bits per heavy atom. The van der Waals surface area contributed by atoms with Crippen molar-refractivity contribution in [3.63, 3.8) is 0 Å². The lowest BCUT2D eigenvalue weighted by Gasteiger charge is -2.19. The van der Waals surface area contributed by atoms with Gasteiger partial charge in [-0.1, -0.05) is 0 Å². The number of hydrogen-bond acceptors (Lipinski definition) is 8. The Hall–Kier alpha value is -3.13. The van der Waals surface area contributed by atoms with Gasteiger partial charge in [-0.25, -0.2) is 32.0 Å². The van der Waals surface area contributed by atoms with E-state index in [1.807, 2.05) is 0 Å². The van der Waals surface area contributed by atoms with Gasteiger partial charge < -0.3 is 16.2 Å². The van der Waals surface area contributed by atoms with Crippen LogP contribution in [-0.4, -0.2) is 43.3 Å². The van der Waals surface area contributed by atoms with Gasteiger partial charge >= 0.3 is 5.97 Å². The van der Waals surface area contributed by atoms with Crippen LogP contribution in [0.5, 0.6) is 0 Å². The maximum Gasteiger partial charge on any atom is 0.360 e. The Kier molecular flexibility index (Phi) is 7.51. The molecule has 0 amide bonds. The van der Waals surface area contributed by atoms with Gasteiger partial charge in [-0.15, -0.1) is 11.3 Å². The fourth-order valence-corrected chi connectivity index (χ4v) is 4.32. The van der Waals surface area contributed by atoms with Gasteiger partial charge in [0, 0.05) is 12.0 Å². The second kappa shape index (κ2) is 9.56. The fraction of sp³-hybridized carbons (Fsp3) is 0.333. The third-order valence-corrected chi connectivity index (χ3v) is 5.82. The monoisotopic (exact) mass is 489 g/mol. The molecule has 0 saturated carbocycles. The van der Waals surface area contributed by atoms with E-state index in [1.165, 1.54) is 5.51 Å². The first-order valence-corrected chi connectivity index (χ1v) is 11.3. The molecular formula is C18H21F2N5O5S2. The van der Waals surface area contributed by atoms with E-state index < -0.39 is 62.4 Å². The summed E-state index contributed by atoms with van der Waals surface area (Å²) in [7, 11) is -4.50. The topological polar surface area (TPSA) is 167 Å². The van der Waals surface area contributed by atoms with E-state index in [9.17, 15) is 26.8 Å². The van der Waals surface area contributed by atoms with Crippen LogP contribution in [0, 0.1) is 11.6 Å². The number of esters is 1. The molecule has 1 aromatic heterocycles. The van der Waals surface area contributed by atoms with Gasteiger partial charge in [-0.2, -0.15) is 0 Å².